The number of hydrogen-bond donors (Lipinski definition) is 2. The second-order valence-corrected chi connectivity index (χ2v) is 13.3. The van der Waals surface area contributed by atoms with Gasteiger partial charge in [-0.2, -0.15) is 0 Å². The number of rotatable bonds is 8. The van der Waals surface area contributed by atoms with Gasteiger partial charge in [-0.05, 0) is 90.3 Å². The van der Waals surface area contributed by atoms with Crippen LogP contribution in [0, 0.1) is 5.82 Å². The zero-order valence-electron chi connectivity index (χ0n) is 26.2. The summed E-state index contributed by atoms with van der Waals surface area (Å²) in [4.78, 5) is 52.2. The molecular weight excluding hydrogens is 717 g/mol. The summed E-state index contributed by atoms with van der Waals surface area (Å²) in [6.07, 6.45) is 3.63. The van der Waals surface area contributed by atoms with Crippen molar-refractivity contribution in [1.82, 2.24) is 29.3 Å². The van der Waals surface area contributed by atoms with E-state index in [4.69, 9.17) is 22.1 Å². The molecule has 250 valence electrons. The standard InChI is InChI=1S/C35H30BrClFN7O4/c1-19-17-44-29(18-43(19)34(47)20-5-12-26(36)27(37)15-20)31(45(35(44)48)21-6-8-22(9-7-21)49-23-10-11-23)33(46)41-16-25-24(3-2-4-28(25)38)32-40-14-13-30(39)42-32/h2-9,12-15,19,23H,10-11,16-18H2,1H3,(H,41,46)(H2,39,40,42)/t19-/m1/s1. The fourth-order valence-electron chi connectivity index (χ4n) is 5.91. The number of hydrogen-bond acceptors (Lipinski definition) is 7. The first-order valence-electron chi connectivity index (χ1n) is 15.6. The molecule has 11 nitrogen and oxygen atoms in total. The van der Waals surface area contributed by atoms with Gasteiger partial charge in [-0.25, -0.2) is 19.2 Å². The van der Waals surface area contributed by atoms with Gasteiger partial charge in [-0.1, -0.05) is 23.7 Å². The Balaban J connectivity index is 1.27. The third-order valence-electron chi connectivity index (χ3n) is 8.57. The monoisotopic (exact) mass is 745 g/mol. The maximum atomic E-state index is 15.3. The third kappa shape index (κ3) is 6.43. The first kappa shape index (κ1) is 32.5. The highest BCUT2D eigenvalue weighted by molar-refractivity contribution is 9.10. The summed E-state index contributed by atoms with van der Waals surface area (Å²) in [6, 6.07) is 17.4. The van der Waals surface area contributed by atoms with Crippen LogP contribution in [0.3, 0.4) is 0 Å². The quantitative estimate of drug-likeness (QED) is 0.206. The number of ether oxygens (including phenoxy) is 1. The summed E-state index contributed by atoms with van der Waals surface area (Å²) in [7, 11) is 0. The molecule has 5 aromatic rings. The summed E-state index contributed by atoms with van der Waals surface area (Å²) in [5.74, 6) is -0.457. The normalized spacial score (nSPS) is 15.5. The van der Waals surface area contributed by atoms with Crippen LogP contribution in [0.4, 0.5) is 10.2 Å². The molecule has 49 heavy (non-hydrogen) atoms. The minimum absolute atomic E-state index is 0.0255. The van der Waals surface area contributed by atoms with Crippen molar-refractivity contribution in [2.45, 2.75) is 51.5 Å². The van der Waals surface area contributed by atoms with E-state index in [1.807, 2.05) is 6.92 Å². The molecule has 0 spiro atoms. The van der Waals surface area contributed by atoms with E-state index in [0.29, 0.717) is 37.8 Å². The van der Waals surface area contributed by atoms with Crippen LogP contribution in [0.15, 0.2) is 82.2 Å². The lowest BCUT2D eigenvalue weighted by atomic mass is 10.1. The number of nitrogen functional groups attached to an aromatic ring is 1. The number of nitrogens with zero attached hydrogens (tertiary/aromatic N) is 5. The molecule has 1 saturated carbocycles. The van der Waals surface area contributed by atoms with E-state index in [1.54, 1.807) is 53.4 Å². The van der Waals surface area contributed by atoms with Crippen LogP contribution in [-0.2, 0) is 19.6 Å². The highest BCUT2D eigenvalue weighted by atomic mass is 79.9. The van der Waals surface area contributed by atoms with E-state index < -0.39 is 17.4 Å². The Labute approximate surface area is 293 Å². The zero-order valence-corrected chi connectivity index (χ0v) is 28.5. The smallest absolute Gasteiger partial charge is 0.333 e. The maximum Gasteiger partial charge on any atom is 0.333 e. The molecule has 0 unspecified atom stereocenters. The van der Waals surface area contributed by atoms with Gasteiger partial charge in [0.05, 0.1) is 29.1 Å². The molecule has 1 fully saturated rings. The van der Waals surface area contributed by atoms with Crippen LogP contribution in [0.25, 0.3) is 17.1 Å². The van der Waals surface area contributed by atoms with Crippen molar-refractivity contribution in [3.8, 4) is 22.8 Å². The molecule has 7 rings (SSSR count). The average molecular weight is 747 g/mol. The first-order chi connectivity index (χ1) is 23.6. The third-order valence-corrected chi connectivity index (χ3v) is 9.80. The fraction of sp³-hybridized carbons (Fsp3) is 0.229. The van der Waals surface area contributed by atoms with Gasteiger partial charge in [0.2, 0.25) is 0 Å². The summed E-state index contributed by atoms with van der Waals surface area (Å²) in [5, 5.41) is 3.19. The molecule has 3 N–H and O–H groups in total. The second kappa shape index (κ2) is 13.1. The van der Waals surface area contributed by atoms with Crippen molar-refractivity contribution in [2.75, 3.05) is 5.73 Å². The summed E-state index contributed by atoms with van der Waals surface area (Å²) >= 11 is 9.66. The number of imidazole rings is 1. The molecule has 0 bridgehead atoms. The lowest BCUT2D eigenvalue weighted by molar-refractivity contribution is 0.0610. The topological polar surface area (TPSA) is 137 Å². The molecule has 0 radical (unpaired) electrons. The Morgan fingerprint density at radius 3 is 2.61 bits per heavy atom. The van der Waals surface area contributed by atoms with Crippen LogP contribution in [-0.4, -0.2) is 48.0 Å². The molecule has 3 heterocycles. The Hall–Kier alpha value is -5.01. The molecule has 14 heteroatoms. The number of halogens is 3. The number of carbonyl (C=O) groups excluding carboxylic acids is 2. The van der Waals surface area contributed by atoms with Crippen LogP contribution >= 0.6 is 27.5 Å². The first-order valence-corrected chi connectivity index (χ1v) is 16.8. The highest BCUT2D eigenvalue weighted by Crippen LogP contribution is 2.30. The van der Waals surface area contributed by atoms with Gasteiger partial charge in [-0.3, -0.25) is 18.7 Å². The number of fused-ring (bicyclic) bond motifs is 1. The number of benzene rings is 3. The lowest BCUT2D eigenvalue weighted by Crippen LogP contribution is -2.47. The fourth-order valence-corrected chi connectivity index (χ4v) is 6.34. The number of amides is 2. The van der Waals surface area contributed by atoms with Crippen LogP contribution < -0.4 is 21.5 Å². The summed E-state index contributed by atoms with van der Waals surface area (Å²) < 4.78 is 24.7. The predicted molar refractivity (Wildman–Crippen MR) is 185 cm³/mol. The van der Waals surface area contributed by atoms with E-state index >= 15 is 4.39 Å². The van der Waals surface area contributed by atoms with Crippen LogP contribution in [0.5, 0.6) is 5.75 Å². The molecule has 1 aliphatic carbocycles. The van der Waals surface area contributed by atoms with Crippen molar-refractivity contribution < 1.29 is 18.7 Å². The van der Waals surface area contributed by atoms with E-state index in [-0.39, 0.29) is 60.6 Å². The van der Waals surface area contributed by atoms with Gasteiger partial charge in [0, 0.05) is 46.5 Å². The summed E-state index contributed by atoms with van der Waals surface area (Å²) in [5.41, 5.74) is 7.07. The lowest BCUT2D eigenvalue weighted by Gasteiger charge is -2.34. The van der Waals surface area contributed by atoms with Gasteiger partial charge >= 0.3 is 5.69 Å². The molecule has 2 aromatic heterocycles. The second-order valence-electron chi connectivity index (χ2n) is 12.0. The van der Waals surface area contributed by atoms with Gasteiger partial charge < -0.3 is 20.7 Å². The van der Waals surface area contributed by atoms with Gasteiger partial charge in [0.15, 0.2) is 5.82 Å². The number of nitrogens with one attached hydrogen (secondary N) is 1. The molecule has 0 saturated heterocycles. The molecule has 1 aliphatic heterocycles. The van der Waals surface area contributed by atoms with E-state index in [9.17, 15) is 14.4 Å². The van der Waals surface area contributed by atoms with Gasteiger partial charge in [0.1, 0.15) is 23.1 Å². The van der Waals surface area contributed by atoms with Crippen molar-refractivity contribution in [3.05, 3.63) is 121 Å². The van der Waals surface area contributed by atoms with Crippen molar-refractivity contribution in [2.24, 2.45) is 0 Å². The Kier molecular flexibility index (Phi) is 8.72. The highest BCUT2D eigenvalue weighted by Gasteiger charge is 2.35. The number of carbonyl (C=O) groups is 2. The number of nitrogens with two attached hydrogens (primary N) is 1. The predicted octanol–water partition coefficient (Wildman–Crippen LogP) is 5.75. The van der Waals surface area contributed by atoms with Gasteiger partial charge in [0.25, 0.3) is 11.8 Å². The molecule has 1 atom stereocenters. The SMILES string of the molecule is C[C@@H]1Cn2c(c(C(=O)NCc3c(F)cccc3-c3nccc(N)n3)n(-c3ccc(OC4CC4)cc3)c2=O)CN1C(=O)c1ccc(Br)c(Cl)c1. The van der Waals surface area contributed by atoms with Crippen LogP contribution in [0.1, 0.15) is 51.9 Å². The number of aromatic nitrogens is 4. The summed E-state index contributed by atoms with van der Waals surface area (Å²) in [6.45, 7) is 1.70. The van der Waals surface area contributed by atoms with Crippen molar-refractivity contribution in [3.63, 3.8) is 0 Å². The molecule has 3 aromatic carbocycles. The zero-order chi connectivity index (χ0) is 34.4. The van der Waals surface area contributed by atoms with E-state index in [0.717, 1.165) is 12.8 Å². The minimum atomic E-state index is -0.638. The van der Waals surface area contributed by atoms with Crippen molar-refractivity contribution >= 4 is 45.2 Å². The Morgan fingerprint density at radius 1 is 1.12 bits per heavy atom. The Bertz CT molecular complexity index is 2170. The van der Waals surface area contributed by atoms with Gasteiger partial charge in [-0.15, -0.1) is 0 Å². The average Bonchev–Trinajstić information content (AvgIpc) is 3.86. The largest absolute Gasteiger partial charge is 0.490 e. The Morgan fingerprint density at radius 2 is 1.90 bits per heavy atom. The van der Waals surface area contributed by atoms with E-state index in [1.165, 1.54) is 33.5 Å². The molecule has 2 amide bonds. The van der Waals surface area contributed by atoms with E-state index in [2.05, 4.69) is 31.2 Å². The maximum absolute atomic E-state index is 15.3. The minimum Gasteiger partial charge on any atom is -0.490 e. The van der Waals surface area contributed by atoms with Crippen LogP contribution in [0.2, 0.25) is 5.02 Å². The molecular formula is C35H30BrClFN7O4. The number of anilines is 1. The van der Waals surface area contributed by atoms with Crippen molar-refractivity contribution in [1.29, 1.82) is 0 Å². The molecule has 2 aliphatic rings.